The normalized spacial score (nSPS) is 10.6. The molecule has 0 aliphatic heterocycles. The van der Waals surface area contributed by atoms with Gasteiger partial charge in [0.1, 0.15) is 5.82 Å². The van der Waals surface area contributed by atoms with Gasteiger partial charge in [0, 0.05) is 12.1 Å². The van der Waals surface area contributed by atoms with Crippen LogP contribution in [0.1, 0.15) is 11.1 Å². The summed E-state index contributed by atoms with van der Waals surface area (Å²) in [5.74, 6) is -0.327. The van der Waals surface area contributed by atoms with Crippen LogP contribution in [0.5, 0.6) is 0 Å². The van der Waals surface area contributed by atoms with Crippen molar-refractivity contribution in [3.63, 3.8) is 0 Å². The van der Waals surface area contributed by atoms with Crippen molar-refractivity contribution < 1.29 is 4.39 Å². The van der Waals surface area contributed by atoms with Gasteiger partial charge in [-0.3, -0.25) is 0 Å². The Labute approximate surface area is 105 Å². The van der Waals surface area contributed by atoms with Gasteiger partial charge in [-0.2, -0.15) is 0 Å². The lowest BCUT2D eigenvalue weighted by Crippen LogP contribution is -1.97. The Kier molecular flexibility index (Phi) is 3.46. The molecule has 2 rings (SSSR count). The molecule has 2 aromatic rings. The van der Waals surface area contributed by atoms with Gasteiger partial charge in [-0.25, -0.2) is 4.39 Å². The molecule has 0 unspecified atom stereocenters. The van der Waals surface area contributed by atoms with E-state index in [1.54, 1.807) is 6.07 Å². The van der Waals surface area contributed by atoms with E-state index in [0.717, 1.165) is 22.3 Å². The van der Waals surface area contributed by atoms with Crippen LogP contribution in [0.25, 0.3) is 11.1 Å². The highest BCUT2D eigenvalue weighted by molar-refractivity contribution is 6.33. The van der Waals surface area contributed by atoms with E-state index in [4.69, 9.17) is 17.3 Å². The fourth-order valence-corrected chi connectivity index (χ4v) is 2.06. The molecule has 0 bridgehead atoms. The van der Waals surface area contributed by atoms with Crippen LogP contribution in [0, 0.1) is 12.7 Å². The van der Waals surface area contributed by atoms with E-state index in [1.165, 1.54) is 12.1 Å². The van der Waals surface area contributed by atoms with Crippen LogP contribution in [-0.2, 0) is 6.54 Å². The van der Waals surface area contributed by atoms with Crippen LogP contribution in [0.3, 0.4) is 0 Å². The first-order valence-corrected chi connectivity index (χ1v) is 5.74. The summed E-state index contributed by atoms with van der Waals surface area (Å²) in [6, 6.07) is 10.4. The standard InChI is InChI=1S/C14H13ClFN/c1-9-2-3-10(8-17)6-13(9)12-5-4-11(16)7-14(12)15/h2-7H,8,17H2,1H3. The molecular weight excluding hydrogens is 237 g/mol. The van der Waals surface area contributed by atoms with E-state index >= 15 is 0 Å². The third kappa shape index (κ3) is 2.48. The zero-order valence-electron chi connectivity index (χ0n) is 9.50. The predicted molar refractivity (Wildman–Crippen MR) is 69.5 cm³/mol. The van der Waals surface area contributed by atoms with Gasteiger partial charge in [0.25, 0.3) is 0 Å². The third-order valence-electron chi connectivity index (χ3n) is 2.76. The van der Waals surface area contributed by atoms with E-state index in [0.29, 0.717) is 11.6 Å². The lowest BCUT2D eigenvalue weighted by molar-refractivity contribution is 0.628. The minimum Gasteiger partial charge on any atom is -0.326 e. The Morgan fingerprint density at radius 2 is 1.88 bits per heavy atom. The molecule has 0 saturated carbocycles. The Morgan fingerprint density at radius 1 is 1.12 bits per heavy atom. The van der Waals surface area contributed by atoms with Gasteiger partial charge in [-0.05, 0) is 47.9 Å². The van der Waals surface area contributed by atoms with Gasteiger partial charge >= 0.3 is 0 Å². The van der Waals surface area contributed by atoms with Crippen LogP contribution < -0.4 is 5.73 Å². The van der Waals surface area contributed by atoms with Crippen molar-refractivity contribution in [2.75, 3.05) is 0 Å². The summed E-state index contributed by atoms with van der Waals surface area (Å²) in [6.07, 6.45) is 0. The second-order valence-electron chi connectivity index (χ2n) is 3.98. The van der Waals surface area contributed by atoms with Crippen molar-refractivity contribution >= 4 is 11.6 Å². The second kappa shape index (κ2) is 4.86. The number of nitrogens with two attached hydrogens (primary N) is 1. The maximum atomic E-state index is 13.0. The van der Waals surface area contributed by atoms with Gasteiger partial charge in [-0.1, -0.05) is 23.7 Å². The smallest absolute Gasteiger partial charge is 0.124 e. The molecule has 0 radical (unpaired) electrons. The van der Waals surface area contributed by atoms with Gasteiger partial charge in [0.2, 0.25) is 0 Å². The molecule has 0 aromatic heterocycles. The monoisotopic (exact) mass is 249 g/mol. The zero-order valence-corrected chi connectivity index (χ0v) is 10.3. The number of benzene rings is 2. The fourth-order valence-electron chi connectivity index (χ4n) is 1.79. The average Bonchev–Trinajstić information content (AvgIpc) is 2.30. The molecule has 0 aliphatic carbocycles. The summed E-state index contributed by atoms with van der Waals surface area (Å²) in [6.45, 7) is 2.47. The summed E-state index contributed by atoms with van der Waals surface area (Å²) in [4.78, 5) is 0. The quantitative estimate of drug-likeness (QED) is 0.858. The summed E-state index contributed by atoms with van der Waals surface area (Å²) >= 11 is 6.06. The first-order valence-electron chi connectivity index (χ1n) is 5.37. The molecule has 0 fully saturated rings. The molecule has 3 heteroatoms. The topological polar surface area (TPSA) is 26.0 Å². The van der Waals surface area contributed by atoms with Crippen LogP contribution >= 0.6 is 11.6 Å². The highest BCUT2D eigenvalue weighted by Crippen LogP contribution is 2.31. The molecule has 2 N–H and O–H groups in total. The molecule has 0 aliphatic rings. The predicted octanol–water partition coefficient (Wildman–Crippen LogP) is 3.91. The van der Waals surface area contributed by atoms with Crippen LogP contribution in [-0.4, -0.2) is 0 Å². The SMILES string of the molecule is Cc1ccc(CN)cc1-c1ccc(F)cc1Cl. The highest BCUT2D eigenvalue weighted by atomic mass is 35.5. The minimum absolute atomic E-state index is 0.327. The summed E-state index contributed by atoms with van der Waals surface area (Å²) < 4.78 is 13.0. The molecule has 0 heterocycles. The minimum atomic E-state index is -0.327. The Morgan fingerprint density at radius 3 is 2.53 bits per heavy atom. The number of halogens is 2. The Bertz CT molecular complexity index is 552. The first kappa shape index (κ1) is 12.1. The molecule has 2 aromatic carbocycles. The molecule has 0 saturated heterocycles. The summed E-state index contributed by atoms with van der Waals surface area (Å²) in [7, 11) is 0. The van der Waals surface area contributed by atoms with Gasteiger partial charge < -0.3 is 5.73 Å². The van der Waals surface area contributed by atoms with Crippen molar-refractivity contribution in [1.82, 2.24) is 0 Å². The third-order valence-corrected chi connectivity index (χ3v) is 3.07. The Hall–Kier alpha value is -1.38. The van der Waals surface area contributed by atoms with Gasteiger partial charge in [-0.15, -0.1) is 0 Å². The maximum Gasteiger partial charge on any atom is 0.124 e. The largest absolute Gasteiger partial charge is 0.326 e. The van der Waals surface area contributed by atoms with Crippen molar-refractivity contribution in [3.05, 3.63) is 58.4 Å². The zero-order chi connectivity index (χ0) is 12.4. The van der Waals surface area contributed by atoms with E-state index in [-0.39, 0.29) is 5.82 Å². The average molecular weight is 250 g/mol. The van der Waals surface area contributed by atoms with Crippen molar-refractivity contribution in [1.29, 1.82) is 0 Å². The van der Waals surface area contributed by atoms with Crippen molar-refractivity contribution in [2.45, 2.75) is 13.5 Å². The van der Waals surface area contributed by atoms with Crippen LogP contribution in [0.2, 0.25) is 5.02 Å². The van der Waals surface area contributed by atoms with Crippen LogP contribution in [0.15, 0.2) is 36.4 Å². The Balaban J connectivity index is 2.59. The molecule has 0 amide bonds. The van der Waals surface area contributed by atoms with Crippen molar-refractivity contribution in [2.24, 2.45) is 5.73 Å². The molecule has 17 heavy (non-hydrogen) atoms. The number of rotatable bonds is 2. The second-order valence-corrected chi connectivity index (χ2v) is 4.38. The lowest BCUT2D eigenvalue weighted by Gasteiger charge is -2.10. The molecule has 0 atom stereocenters. The van der Waals surface area contributed by atoms with Gasteiger partial charge in [0.05, 0.1) is 5.02 Å². The molecule has 0 spiro atoms. The molecular formula is C14H13ClFN. The van der Waals surface area contributed by atoms with E-state index in [2.05, 4.69) is 0 Å². The van der Waals surface area contributed by atoms with E-state index < -0.39 is 0 Å². The highest BCUT2D eigenvalue weighted by Gasteiger charge is 2.08. The van der Waals surface area contributed by atoms with E-state index in [9.17, 15) is 4.39 Å². The van der Waals surface area contributed by atoms with E-state index in [1.807, 2.05) is 25.1 Å². The molecule has 88 valence electrons. The fraction of sp³-hybridized carbons (Fsp3) is 0.143. The van der Waals surface area contributed by atoms with Gasteiger partial charge in [0.15, 0.2) is 0 Å². The molecule has 1 nitrogen and oxygen atoms in total. The number of hydrogen-bond donors (Lipinski definition) is 1. The lowest BCUT2D eigenvalue weighted by atomic mass is 9.98. The van der Waals surface area contributed by atoms with Crippen LogP contribution in [0.4, 0.5) is 4.39 Å². The van der Waals surface area contributed by atoms with Crippen molar-refractivity contribution in [3.8, 4) is 11.1 Å². The summed E-state index contributed by atoms with van der Waals surface area (Å²) in [5.41, 5.74) is 9.57. The summed E-state index contributed by atoms with van der Waals surface area (Å²) in [5, 5.41) is 0.419. The number of aryl methyl sites for hydroxylation is 1. The first-order chi connectivity index (χ1) is 8.11. The maximum absolute atomic E-state index is 13.0. The number of hydrogen-bond acceptors (Lipinski definition) is 1.